The van der Waals surface area contributed by atoms with Gasteiger partial charge in [-0.3, -0.25) is 14.9 Å². The van der Waals surface area contributed by atoms with E-state index in [0.29, 0.717) is 12.5 Å². The molecule has 2 amide bonds. The summed E-state index contributed by atoms with van der Waals surface area (Å²) in [7, 11) is 0. The molecule has 0 aliphatic carbocycles. The summed E-state index contributed by atoms with van der Waals surface area (Å²) in [4.78, 5) is 25.4. The summed E-state index contributed by atoms with van der Waals surface area (Å²) in [5, 5.41) is 5.73. The molecule has 2 heterocycles. The van der Waals surface area contributed by atoms with Gasteiger partial charge in [-0.2, -0.15) is 0 Å². The van der Waals surface area contributed by atoms with Gasteiger partial charge in [0.1, 0.15) is 6.04 Å². The highest BCUT2D eigenvalue weighted by molar-refractivity contribution is 5.87. The first kappa shape index (κ1) is 13.1. The summed E-state index contributed by atoms with van der Waals surface area (Å²) in [5.74, 6) is 0.486. The van der Waals surface area contributed by atoms with Crippen LogP contribution in [0.25, 0.3) is 0 Å². The lowest BCUT2D eigenvalue weighted by Gasteiger charge is -2.27. The fourth-order valence-corrected chi connectivity index (χ4v) is 2.92. The van der Waals surface area contributed by atoms with E-state index in [9.17, 15) is 9.59 Å². The molecular weight excluding hydrogens is 254 g/mol. The van der Waals surface area contributed by atoms with Crippen LogP contribution in [0.1, 0.15) is 17.9 Å². The van der Waals surface area contributed by atoms with Crippen LogP contribution in [0.2, 0.25) is 0 Å². The van der Waals surface area contributed by atoms with Crippen LogP contribution in [-0.4, -0.2) is 48.9 Å². The standard InChI is InChI=1S/C15H19N3O2/c19-14-9-16-13(8-17-14)15(20)18-7-6-12(10-18)11-4-2-1-3-5-11/h1-5,12-13,16H,6-10H2,(H,17,19). The number of hydrogen-bond acceptors (Lipinski definition) is 3. The number of carbonyl (C=O) groups excluding carboxylic acids is 2. The van der Waals surface area contributed by atoms with E-state index in [2.05, 4.69) is 22.8 Å². The SMILES string of the molecule is O=C1CNC(C(=O)N2CCC(c3ccccc3)C2)CN1. The molecule has 20 heavy (non-hydrogen) atoms. The van der Waals surface area contributed by atoms with Crippen LogP contribution in [0.3, 0.4) is 0 Å². The second-order valence-corrected chi connectivity index (χ2v) is 5.42. The average Bonchev–Trinajstić information content (AvgIpc) is 2.98. The summed E-state index contributed by atoms with van der Waals surface area (Å²) in [5.41, 5.74) is 1.30. The minimum atomic E-state index is -0.276. The van der Waals surface area contributed by atoms with E-state index < -0.39 is 0 Å². The Hall–Kier alpha value is -1.88. The molecule has 0 spiro atoms. The lowest BCUT2D eigenvalue weighted by Crippen LogP contribution is -2.58. The third-order valence-corrected chi connectivity index (χ3v) is 4.08. The zero-order valence-electron chi connectivity index (χ0n) is 11.3. The monoisotopic (exact) mass is 273 g/mol. The lowest BCUT2D eigenvalue weighted by atomic mass is 9.99. The van der Waals surface area contributed by atoms with Crippen molar-refractivity contribution in [3.05, 3.63) is 35.9 Å². The molecule has 3 rings (SSSR count). The van der Waals surface area contributed by atoms with Crippen LogP contribution in [0.15, 0.2) is 30.3 Å². The minimum Gasteiger partial charge on any atom is -0.353 e. The Labute approximate surface area is 118 Å². The van der Waals surface area contributed by atoms with Gasteiger partial charge in [-0.05, 0) is 12.0 Å². The van der Waals surface area contributed by atoms with Gasteiger partial charge in [0.25, 0.3) is 0 Å². The van der Waals surface area contributed by atoms with E-state index in [1.807, 2.05) is 23.1 Å². The number of nitrogens with one attached hydrogen (secondary N) is 2. The fourth-order valence-electron chi connectivity index (χ4n) is 2.92. The molecule has 5 nitrogen and oxygen atoms in total. The van der Waals surface area contributed by atoms with Gasteiger partial charge in [0.05, 0.1) is 6.54 Å². The van der Waals surface area contributed by atoms with E-state index in [1.165, 1.54) is 5.56 Å². The lowest BCUT2D eigenvalue weighted by molar-refractivity contribution is -0.133. The van der Waals surface area contributed by atoms with Gasteiger partial charge in [-0.25, -0.2) is 0 Å². The number of piperazine rings is 1. The van der Waals surface area contributed by atoms with Crippen molar-refractivity contribution in [1.29, 1.82) is 0 Å². The predicted octanol–water partition coefficient (Wildman–Crippen LogP) is 0.0905. The average molecular weight is 273 g/mol. The molecule has 2 unspecified atom stereocenters. The third-order valence-electron chi connectivity index (χ3n) is 4.08. The van der Waals surface area contributed by atoms with E-state index in [0.717, 1.165) is 19.5 Å². The van der Waals surface area contributed by atoms with Gasteiger partial charge >= 0.3 is 0 Å². The maximum atomic E-state index is 12.4. The van der Waals surface area contributed by atoms with E-state index in [1.54, 1.807) is 0 Å². The van der Waals surface area contributed by atoms with Gasteiger partial charge in [-0.15, -0.1) is 0 Å². The normalized spacial score (nSPS) is 26.4. The molecule has 2 saturated heterocycles. The molecular formula is C15H19N3O2. The Morgan fingerprint density at radius 3 is 2.75 bits per heavy atom. The molecule has 5 heteroatoms. The number of amides is 2. The summed E-state index contributed by atoms with van der Waals surface area (Å²) in [6, 6.07) is 10.1. The van der Waals surface area contributed by atoms with Gasteiger partial charge in [-0.1, -0.05) is 30.3 Å². The molecule has 2 atom stereocenters. The van der Waals surface area contributed by atoms with Crippen molar-refractivity contribution in [1.82, 2.24) is 15.5 Å². The van der Waals surface area contributed by atoms with Crippen LogP contribution >= 0.6 is 0 Å². The number of likely N-dealkylation sites (tertiary alicyclic amines) is 1. The van der Waals surface area contributed by atoms with Crippen molar-refractivity contribution in [2.24, 2.45) is 0 Å². The molecule has 2 aliphatic heterocycles. The number of benzene rings is 1. The Bertz CT molecular complexity index is 493. The predicted molar refractivity (Wildman–Crippen MR) is 75.2 cm³/mol. The highest BCUT2D eigenvalue weighted by Gasteiger charge is 2.32. The highest BCUT2D eigenvalue weighted by atomic mass is 16.2. The summed E-state index contributed by atoms with van der Waals surface area (Å²) >= 11 is 0. The molecule has 106 valence electrons. The minimum absolute atomic E-state index is 0.0439. The molecule has 2 aliphatic rings. The van der Waals surface area contributed by atoms with Crippen molar-refractivity contribution in [2.45, 2.75) is 18.4 Å². The Kier molecular flexibility index (Phi) is 3.69. The topological polar surface area (TPSA) is 61.4 Å². The number of nitrogens with zero attached hydrogens (tertiary/aromatic N) is 1. The van der Waals surface area contributed by atoms with Crippen molar-refractivity contribution in [3.8, 4) is 0 Å². The third kappa shape index (κ3) is 2.67. The Balaban J connectivity index is 1.59. The van der Waals surface area contributed by atoms with Crippen LogP contribution < -0.4 is 10.6 Å². The van der Waals surface area contributed by atoms with E-state index in [-0.39, 0.29) is 24.4 Å². The number of carbonyl (C=O) groups is 2. The first-order valence-corrected chi connectivity index (χ1v) is 7.08. The van der Waals surface area contributed by atoms with E-state index >= 15 is 0 Å². The largest absolute Gasteiger partial charge is 0.353 e. The van der Waals surface area contributed by atoms with Gasteiger partial charge in [0.2, 0.25) is 11.8 Å². The van der Waals surface area contributed by atoms with Gasteiger partial charge in [0.15, 0.2) is 0 Å². The van der Waals surface area contributed by atoms with Gasteiger partial charge < -0.3 is 10.2 Å². The zero-order valence-corrected chi connectivity index (χ0v) is 11.3. The molecule has 0 bridgehead atoms. The summed E-state index contributed by atoms with van der Waals surface area (Å²) in [6.45, 7) is 2.19. The van der Waals surface area contributed by atoms with Crippen molar-refractivity contribution in [3.63, 3.8) is 0 Å². The van der Waals surface area contributed by atoms with Crippen LogP contribution in [0, 0.1) is 0 Å². The van der Waals surface area contributed by atoms with Crippen molar-refractivity contribution in [2.75, 3.05) is 26.2 Å². The van der Waals surface area contributed by atoms with Crippen molar-refractivity contribution < 1.29 is 9.59 Å². The second kappa shape index (κ2) is 5.63. The van der Waals surface area contributed by atoms with Crippen LogP contribution in [0.5, 0.6) is 0 Å². The fraction of sp³-hybridized carbons (Fsp3) is 0.467. The second-order valence-electron chi connectivity index (χ2n) is 5.42. The quantitative estimate of drug-likeness (QED) is 0.803. The molecule has 2 N–H and O–H groups in total. The summed E-state index contributed by atoms with van der Waals surface area (Å²) < 4.78 is 0. The molecule has 0 radical (unpaired) electrons. The first-order chi connectivity index (χ1) is 9.74. The maximum Gasteiger partial charge on any atom is 0.241 e. The molecule has 0 aromatic heterocycles. The zero-order chi connectivity index (χ0) is 13.9. The number of rotatable bonds is 2. The maximum absolute atomic E-state index is 12.4. The van der Waals surface area contributed by atoms with E-state index in [4.69, 9.17) is 0 Å². The molecule has 1 aromatic carbocycles. The molecule has 0 saturated carbocycles. The van der Waals surface area contributed by atoms with Gasteiger partial charge in [0, 0.05) is 25.6 Å². The Morgan fingerprint density at radius 1 is 1.25 bits per heavy atom. The number of hydrogen-bond donors (Lipinski definition) is 2. The smallest absolute Gasteiger partial charge is 0.241 e. The first-order valence-electron chi connectivity index (χ1n) is 7.08. The summed E-state index contributed by atoms with van der Waals surface area (Å²) in [6.07, 6.45) is 1.01. The molecule has 1 aromatic rings. The Morgan fingerprint density at radius 2 is 2.05 bits per heavy atom. The highest BCUT2D eigenvalue weighted by Crippen LogP contribution is 2.27. The molecule has 2 fully saturated rings. The van der Waals surface area contributed by atoms with Crippen LogP contribution in [0.4, 0.5) is 0 Å². The van der Waals surface area contributed by atoms with Crippen LogP contribution in [-0.2, 0) is 9.59 Å². The van der Waals surface area contributed by atoms with Crippen molar-refractivity contribution >= 4 is 11.8 Å².